The van der Waals surface area contributed by atoms with Gasteiger partial charge in [0.2, 0.25) is 5.91 Å². The minimum Gasteiger partial charge on any atom is -0.493 e. The van der Waals surface area contributed by atoms with E-state index in [1.165, 1.54) is 13.2 Å². The summed E-state index contributed by atoms with van der Waals surface area (Å²) in [7, 11) is 1.52. The summed E-state index contributed by atoms with van der Waals surface area (Å²) in [6.45, 7) is 2.14. The van der Waals surface area contributed by atoms with Gasteiger partial charge in [-0.15, -0.1) is 0 Å². The van der Waals surface area contributed by atoms with E-state index in [1.54, 1.807) is 73.7 Å². The fraction of sp³-hybridized carbons (Fsp3) is 0.154. The van der Waals surface area contributed by atoms with Crippen molar-refractivity contribution in [1.82, 2.24) is 0 Å². The number of anilines is 1. The molecule has 0 unspecified atom stereocenters. The number of hydrogen-bond acceptors (Lipinski definition) is 5. The van der Waals surface area contributed by atoms with Crippen LogP contribution in [0.5, 0.6) is 11.5 Å². The second kappa shape index (κ2) is 12.1. The van der Waals surface area contributed by atoms with Crippen molar-refractivity contribution in [2.24, 2.45) is 0 Å². The Kier molecular flexibility index (Phi) is 8.96. The maximum Gasteiger partial charge on any atom is 0.340 e. The first-order valence-corrected chi connectivity index (χ1v) is 11.2. The predicted molar refractivity (Wildman–Crippen MR) is 134 cm³/mol. The first kappa shape index (κ1) is 25.1. The molecule has 34 heavy (non-hydrogen) atoms. The molecule has 0 aliphatic carbocycles. The molecule has 0 aliphatic rings. The number of rotatable bonds is 9. The smallest absolute Gasteiger partial charge is 0.340 e. The summed E-state index contributed by atoms with van der Waals surface area (Å²) in [6, 6.07) is 17.2. The second-order valence-electron chi connectivity index (χ2n) is 6.99. The minimum absolute atomic E-state index is 0.173. The van der Waals surface area contributed by atoms with Crippen LogP contribution in [0.1, 0.15) is 28.4 Å². The molecule has 0 fully saturated rings. The summed E-state index contributed by atoms with van der Waals surface area (Å²) in [5.74, 6) is 0.0898. The van der Waals surface area contributed by atoms with Crippen molar-refractivity contribution in [1.29, 1.82) is 0 Å². The molecule has 0 aromatic heterocycles. The Morgan fingerprint density at radius 2 is 1.71 bits per heavy atom. The maximum atomic E-state index is 12.4. The van der Waals surface area contributed by atoms with Crippen LogP contribution in [-0.4, -0.2) is 25.6 Å². The van der Waals surface area contributed by atoms with Gasteiger partial charge in [0.15, 0.2) is 11.5 Å². The fourth-order valence-electron chi connectivity index (χ4n) is 3.05. The molecule has 0 saturated heterocycles. The molecule has 0 aliphatic heterocycles. The standard InChI is InChI=1S/C26H23Cl2NO5/c1-3-33-26(31)18-7-4-5-10-22(18)29-25(30)14-12-17-11-13-23(24(15-17)32-2)34-16-19-20(27)8-6-9-21(19)28/h4-15H,3,16H2,1-2H3,(H,29,30)/b14-12+. The largest absolute Gasteiger partial charge is 0.493 e. The Morgan fingerprint density at radius 1 is 0.971 bits per heavy atom. The van der Waals surface area contributed by atoms with E-state index in [0.717, 1.165) is 0 Å². The Hall–Kier alpha value is -3.48. The molecular weight excluding hydrogens is 477 g/mol. The molecule has 0 heterocycles. The van der Waals surface area contributed by atoms with Gasteiger partial charge < -0.3 is 19.5 Å². The van der Waals surface area contributed by atoms with E-state index in [-0.39, 0.29) is 18.8 Å². The van der Waals surface area contributed by atoms with Crippen LogP contribution in [0.4, 0.5) is 5.69 Å². The molecule has 0 atom stereocenters. The molecule has 6 nitrogen and oxygen atoms in total. The summed E-state index contributed by atoms with van der Waals surface area (Å²) in [5.41, 5.74) is 2.05. The van der Waals surface area contributed by atoms with Crippen LogP contribution in [0.25, 0.3) is 6.08 Å². The number of hydrogen-bond donors (Lipinski definition) is 1. The first-order chi connectivity index (χ1) is 16.4. The van der Waals surface area contributed by atoms with Gasteiger partial charge in [-0.05, 0) is 55.0 Å². The van der Waals surface area contributed by atoms with Crippen molar-refractivity contribution in [2.45, 2.75) is 13.5 Å². The predicted octanol–water partition coefficient (Wildman–Crippen LogP) is 6.41. The lowest BCUT2D eigenvalue weighted by Gasteiger charge is -2.13. The number of para-hydroxylation sites is 1. The zero-order chi connectivity index (χ0) is 24.5. The number of esters is 1. The lowest BCUT2D eigenvalue weighted by Crippen LogP contribution is -2.13. The number of methoxy groups -OCH3 is 1. The van der Waals surface area contributed by atoms with Crippen LogP contribution in [0.15, 0.2) is 66.7 Å². The third kappa shape index (κ3) is 6.53. The number of carbonyl (C=O) groups excluding carboxylic acids is 2. The molecule has 0 radical (unpaired) electrons. The zero-order valence-corrected chi connectivity index (χ0v) is 20.2. The van der Waals surface area contributed by atoms with E-state index in [4.69, 9.17) is 37.4 Å². The van der Waals surface area contributed by atoms with Crippen LogP contribution >= 0.6 is 23.2 Å². The quantitative estimate of drug-likeness (QED) is 0.272. The van der Waals surface area contributed by atoms with E-state index in [9.17, 15) is 9.59 Å². The number of ether oxygens (including phenoxy) is 3. The van der Waals surface area contributed by atoms with Gasteiger partial charge in [0.1, 0.15) is 6.61 Å². The van der Waals surface area contributed by atoms with Crippen LogP contribution in [-0.2, 0) is 16.1 Å². The van der Waals surface area contributed by atoms with Crippen molar-refractivity contribution in [2.75, 3.05) is 19.0 Å². The molecule has 0 bridgehead atoms. The average Bonchev–Trinajstić information content (AvgIpc) is 2.83. The summed E-state index contributed by atoms with van der Waals surface area (Å²) < 4.78 is 16.3. The molecule has 0 saturated carbocycles. The van der Waals surface area contributed by atoms with Crippen molar-refractivity contribution in [3.8, 4) is 11.5 Å². The average molecular weight is 500 g/mol. The molecule has 3 aromatic rings. The van der Waals surface area contributed by atoms with Crippen LogP contribution in [0.3, 0.4) is 0 Å². The second-order valence-corrected chi connectivity index (χ2v) is 7.80. The molecule has 0 spiro atoms. The third-order valence-corrected chi connectivity index (χ3v) is 5.44. The van der Waals surface area contributed by atoms with Crippen LogP contribution in [0.2, 0.25) is 10.0 Å². The van der Waals surface area contributed by atoms with Gasteiger partial charge in [0.25, 0.3) is 0 Å². The Labute approximate surface area is 208 Å². The monoisotopic (exact) mass is 499 g/mol. The molecule has 3 aromatic carbocycles. The lowest BCUT2D eigenvalue weighted by atomic mass is 10.1. The van der Waals surface area contributed by atoms with Gasteiger partial charge in [-0.25, -0.2) is 4.79 Å². The zero-order valence-electron chi connectivity index (χ0n) is 18.6. The number of halogens is 2. The molecule has 8 heteroatoms. The lowest BCUT2D eigenvalue weighted by molar-refractivity contribution is -0.111. The highest BCUT2D eigenvalue weighted by Gasteiger charge is 2.13. The summed E-state index contributed by atoms with van der Waals surface area (Å²) in [4.78, 5) is 24.5. The highest BCUT2D eigenvalue weighted by atomic mass is 35.5. The summed E-state index contributed by atoms with van der Waals surface area (Å²) in [6.07, 6.45) is 2.99. The minimum atomic E-state index is -0.499. The van der Waals surface area contributed by atoms with Crippen LogP contribution in [0, 0.1) is 0 Å². The molecule has 176 valence electrons. The highest BCUT2D eigenvalue weighted by Crippen LogP contribution is 2.31. The normalized spacial score (nSPS) is 10.7. The van der Waals surface area contributed by atoms with Gasteiger partial charge >= 0.3 is 5.97 Å². The van der Waals surface area contributed by atoms with Crippen molar-refractivity contribution in [3.63, 3.8) is 0 Å². The van der Waals surface area contributed by atoms with E-state index in [2.05, 4.69) is 5.32 Å². The van der Waals surface area contributed by atoms with E-state index < -0.39 is 11.9 Å². The molecule has 1 N–H and O–H groups in total. The molecular formula is C26H23Cl2NO5. The van der Waals surface area contributed by atoms with Crippen molar-refractivity contribution in [3.05, 3.63) is 93.5 Å². The number of nitrogens with one attached hydrogen (secondary N) is 1. The molecule has 1 amide bonds. The number of amides is 1. The topological polar surface area (TPSA) is 73.9 Å². The van der Waals surface area contributed by atoms with Gasteiger partial charge in [0.05, 0.1) is 25.0 Å². The van der Waals surface area contributed by atoms with Crippen molar-refractivity contribution >= 4 is 46.8 Å². The maximum absolute atomic E-state index is 12.4. The van der Waals surface area contributed by atoms with Gasteiger partial charge in [-0.1, -0.05) is 47.5 Å². The number of benzene rings is 3. The molecule has 3 rings (SSSR count). The Morgan fingerprint density at radius 3 is 2.41 bits per heavy atom. The summed E-state index contributed by atoms with van der Waals surface area (Å²) in [5, 5.41) is 3.73. The Bertz CT molecular complexity index is 1190. The number of carbonyl (C=O) groups is 2. The van der Waals surface area contributed by atoms with E-state index in [0.29, 0.717) is 38.4 Å². The Balaban J connectivity index is 1.69. The third-order valence-electron chi connectivity index (χ3n) is 4.73. The summed E-state index contributed by atoms with van der Waals surface area (Å²) >= 11 is 12.4. The van der Waals surface area contributed by atoms with Gasteiger partial charge in [-0.2, -0.15) is 0 Å². The van der Waals surface area contributed by atoms with Crippen molar-refractivity contribution < 1.29 is 23.8 Å². The van der Waals surface area contributed by atoms with E-state index in [1.807, 2.05) is 0 Å². The van der Waals surface area contributed by atoms with Gasteiger partial charge in [-0.3, -0.25) is 4.79 Å². The highest BCUT2D eigenvalue weighted by molar-refractivity contribution is 6.35. The van der Waals surface area contributed by atoms with Crippen LogP contribution < -0.4 is 14.8 Å². The SMILES string of the molecule is CCOC(=O)c1ccccc1NC(=O)/C=C/c1ccc(OCc2c(Cl)cccc2Cl)c(OC)c1. The van der Waals surface area contributed by atoms with Gasteiger partial charge in [0, 0.05) is 21.7 Å². The first-order valence-electron chi connectivity index (χ1n) is 10.4. The fourth-order valence-corrected chi connectivity index (χ4v) is 3.56. The van der Waals surface area contributed by atoms with E-state index >= 15 is 0 Å².